The van der Waals surface area contributed by atoms with Gasteiger partial charge in [0.05, 0.1) is 12.6 Å². The van der Waals surface area contributed by atoms with Gasteiger partial charge in [0, 0.05) is 11.1 Å². The molecule has 164 valence electrons. The number of phenols is 1. The number of carbonyl (C=O) groups excluding carboxylic acids is 1. The number of aliphatic carboxylic acids is 1. The third kappa shape index (κ3) is 3.86. The topological polar surface area (TPSA) is 111 Å². The lowest BCUT2D eigenvalue weighted by molar-refractivity contribution is -0.138. The smallest absolute Gasteiger partial charge is 0.305 e. The first-order chi connectivity index (χ1) is 14.8. The van der Waals surface area contributed by atoms with Crippen LogP contribution in [0.15, 0.2) is 22.3 Å². The van der Waals surface area contributed by atoms with Gasteiger partial charge >= 0.3 is 5.97 Å². The molecule has 31 heavy (non-hydrogen) atoms. The number of rotatable bonds is 5. The molecular formula is C23H27N3O4S. The standard InChI is InChI=1S/C23H27N3O4S/c1-12-2-16(11-24-26-22-25-21(30)18(31-22)7-19(27)28)20(29)17(3-12)23-8-13-4-14(9-23)6-15(5-13)10-23/h2-3,11,13-15,18,29H,4-10H2,1H3,(H,27,28)(H,25,26,30). The average molecular weight is 442 g/mol. The van der Waals surface area contributed by atoms with Crippen molar-refractivity contribution in [1.82, 2.24) is 5.32 Å². The van der Waals surface area contributed by atoms with Gasteiger partial charge in [0.15, 0.2) is 5.17 Å². The Labute approximate surface area is 185 Å². The zero-order valence-corrected chi connectivity index (χ0v) is 18.3. The monoisotopic (exact) mass is 441 g/mol. The number of thioether (sulfide) groups is 1. The summed E-state index contributed by atoms with van der Waals surface area (Å²) in [6.45, 7) is 2.04. The van der Waals surface area contributed by atoms with Crippen LogP contribution in [0.4, 0.5) is 0 Å². The fourth-order valence-corrected chi connectivity index (χ4v) is 7.55. The summed E-state index contributed by atoms with van der Waals surface area (Å²) >= 11 is 1.06. The molecule has 0 spiro atoms. The van der Waals surface area contributed by atoms with Gasteiger partial charge in [-0.15, -0.1) is 5.10 Å². The van der Waals surface area contributed by atoms with E-state index in [4.69, 9.17) is 5.11 Å². The fraction of sp³-hybridized carbons (Fsp3) is 0.565. The van der Waals surface area contributed by atoms with E-state index in [1.807, 2.05) is 13.0 Å². The van der Waals surface area contributed by atoms with Crippen molar-refractivity contribution in [2.75, 3.05) is 0 Å². The molecule has 1 heterocycles. The summed E-state index contributed by atoms with van der Waals surface area (Å²) in [5.74, 6) is 1.26. The van der Waals surface area contributed by atoms with Crippen LogP contribution in [0, 0.1) is 24.7 Å². The van der Waals surface area contributed by atoms with Gasteiger partial charge in [-0.1, -0.05) is 17.8 Å². The molecule has 1 aromatic rings. The number of carboxylic acid groups (broad SMARTS) is 1. The molecule has 5 aliphatic rings. The van der Waals surface area contributed by atoms with Crippen LogP contribution >= 0.6 is 11.8 Å². The molecule has 1 aromatic carbocycles. The number of hydrogen-bond donors (Lipinski definition) is 3. The van der Waals surface area contributed by atoms with Gasteiger partial charge in [0.25, 0.3) is 0 Å². The molecule has 1 aliphatic heterocycles. The van der Waals surface area contributed by atoms with Crippen LogP contribution in [-0.2, 0) is 15.0 Å². The maximum absolute atomic E-state index is 11.8. The average Bonchev–Trinajstić information content (AvgIpc) is 3.01. The Morgan fingerprint density at radius 3 is 2.48 bits per heavy atom. The van der Waals surface area contributed by atoms with Crippen LogP contribution in [0.2, 0.25) is 0 Å². The normalized spacial score (nSPS) is 35.3. The number of aromatic hydroxyl groups is 1. The Kier molecular flexibility index (Phi) is 5.07. The zero-order valence-electron chi connectivity index (χ0n) is 17.5. The summed E-state index contributed by atoms with van der Waals surface area (Å²) in [7, 11) is 0. The maximum Gasteiger partial charge on any atom is 0.305 e. The van der Waals surface area contributed by atoms with Gasteiger partial charge < -0.3 is 15.5 Å². The van der Waals surface area contributed by atoms with Gasteiger partial charge in [-0.3, -0.25) is 9.59 Å². The van der Waals surface area contributed by atoms with Gasteiger partial charge in [0.1, 0.15) is 11.0 Å². The van der Waals surface area contributed by atoms with Gasteiger partial charge in [0.2, 0.25) is 5.91 Å². The Morgan fingerprint density at radius 2 is 1.87 bits per heavy atom. The highest BCUT2D eigenvalue weighted by Crippen LogP contribution is 2.62. The number of hydrogen-bond acceptors (Lipinski definition) is 6. The van der Waals surface area contributed by atoms with Crippen LogP contribution < -0.4 is 5.32 Å². The molecular weight excluding hydrogens is 414 g/mol. The summed E-state index contributed by atoms with van der Waals surface area (Å²) in [4.78, 5) is 22.7. The van der Waals surface area contributed by atoms with Gasteiger partial charge in [-0.2, -0.15) is 5.10 Å². The summed E-state index contributed by atoms with van der Waals surface area (Å²) < 4.78 is 0. The Balaban J connectivity index is 1.38. The minimum atomic E-state index is -1.03. The number of carbonyl (C=O) groups is 2. The maximum atomic E-state index is 11.8. The molecule has 1 atom stereocenters. The van der Waals surface area contributed by atoms with Crippen LogP contribution in [0.5, 0.6) is 5.75 Å². The minimum Gasteiger partial charge on any atom is -0.507 e. The van der Waals surface area contributed by atoms with Crippen molar-refractivity contribution >= 4 is 35.0 Å². The van der Waals surface area contributed by atoms with E-state index in [-0.39, 0.29) is 22.9 Å². The van der Waals surface area contributed by atoms with Crippen molar-refractivity contribution < 1.29 is 19.8 Å². The van der Waals surface area contributed by atoms with E-state index in [9.17, 15) is 14.7 Å². The molecule has 5 fully saturated rings. The molecule has 1 saturated heterocycles. The zero-order chi connectivity index (χ0) is 21.8. The first kappa shape index (κ1) is 20.5. The third-order valence-corrected chi connectivity index (χ3v) is 8.45. The van der Waals surface area contributed by atoms with Crippen molar-refractivity contribution in [2.45, 2.75) is 62.5 Å². The van der Waals surface area contributed by atoms with E-state index < -0.39 is 11.2 Å². The summed E-state index contributed by atoms with van der Waals surface area (Å²) in [6, 6.07) is 4.05. The van der Waals surface area contributed by atoms with Crippen LogP contribution in [0.3, 0.4) is 0 Å². The van der Waals surface area contributed by atoms with E-state index in [2.05, 4.69) is 21.6 Å². The molecule has 8 heteroatoms. The molecule has 0 radical (unpaired) electrons. The third-order valence-electron chi connectivity index (χ3n) is 7.38. The molecule has 4 bridgehead atoms. The highest BCUT2D eigenvalue weighted by Gasteiger charge is 2.52. The number of amides is 1. The quantitative estimate of drug-likeness (QED) is 0.478. The van der Waals surface area contributed by atoms with Gasteiger partial charge in [-0.05, 0) is 80.2 Å². The second-order valence-electron chi connectivity index (χ2n) is 9.79. The minimum absolute atomic E-state index is 0.0820. The van der Waals surface area contributed by atoms with Crippen LogP contribution in [0.25, 0.3) is 0 Å². The van der Waals surface area contributed by atoms with Crippen molar-refractivity contribution in [3.63, 3.8) is 0 Å². The molecule has 1 amide bonds. The first-order valence-corrected chi connectivity index (χ1v) is 11.8. The number of benzene rings is 1. The van der Waals surface area contributed by atoms with E-state index in [0.717, 1.165) is 40.6 Å². The largest absolute Gasteiger partial charge is 0.507 e. The van der Waals surface area contributed by atoms with Crippen LogP contribution in [-0.4, -0.2) is 38.7 Å². The number of nitrogens with one attached hydrogen (secondary N) is 1. The highest BCUT2D eigenvalue weighted by molar-refractivity contribution is 8.15. The number of aryl methyl sites for hydroxylation is 1. The molecule has 4 aliphatic carbocycles. The van der Waals surface area contributed by atoms with Crippen molar-refractivity contribution in [2.24, 2.45) is 28.0 Å². The Hall–Kier alpha value is -2.35. The summed E-state index contributed by atoms with van der Waals surface area (Å²) in [6.07, 6.45) is 8.83. The van der Waals surface area contributed by atoms with E-state index >= 15 is 0 Å². The molecule has 0 aromatic heterocycles. The van der Waals surface area contributed by atoms with Crippen molar-refractivity contribution in [1.29, 1.82) is 0 Å². The van der Waals surface area contributed by atoms with E-state index in [1.165, 1.54) is 44.7 Å². The first-order valence-electron chi connectivity index (χ1n) is 11.0. The number of amidine groups is 1. The molecule has 1 unspecified atom stereocenters. The lowest BCUT2D eigenvalue weighted by Gasteiger charge is -2.57. The van der Waals surface area contributed by atoms with Crippen LogP contribution in [0.1, 0.15) is 61.6 Å². The van der Waals surface area contributed by atoms with Crippen molar-refractivity contribution in [3.8, 4) is 5.75 Å². The van der Waals surface area contributed by atoms with E-state index in [0.29, 0.717) is 11.3 Å². The lowest BCUT2D eigenvalue weighted by Crippen LogP contribution is -2.48. The molecule has 4 saturated carbocycles. The van der Waals surface area contributed by atoms with Crippen molar-refractivity contribution in [3.05, 3.63) is 28.8 Å². The second-order valence-corrected chi connectivity index (χ2v) is 11.0. The molecule has 3 N–H and O–H groups in total. The number of phenolic OH excluding ortho intramolecular Hbond substituents is 1. The van der Waals surface area contributed by atoms with Gasteiger partial charge in [-0.25, -0.2) is 0 Å². The Morgan fingerprint density at radius 1 is 1.23 bits per heavy atom. The second kappa shape index (κ2) is 7.65. The lowest BCUT2D eigenvalue weighted by atomic mass is 9.48. The Bertz CT molecular complexity index is 967. The predicted octanol–water partition coefficient (Wildman–Crippen LogP) is 3.56. The fourth-order valence-electron chi connectivity index (χ4n) is 6.64. The summed E-state index contributed by atoms with van der Waals surface area (Å²) in [5.41, 5.74) is 2.86. The molecule has 7 nitrogen and oxygen atoms in total. The van der Waals surface area contributed by atoms with E-state index in [1.54, 1.807) is 0 Å². The SMILES string of the molecule is Cc1cc(C=NN=C2NC(=O)C(CC(=O)O)S2)c(O)c(C23CC4CC(CC(C4)C2)C3)c1. The molecule has 6 rings (SSSR count). The predicted molar refractivity (Wildman–Crippen MR) is 119 cm³/mol. The number of carboxylic acids is 1. The summed E-state index contributed by atoms with van der Waals surface area (Å²) in [5, 5.41) is 30.3. The number of nitrogens with zero attached hydrogens (tertiary/aromatic N) is 2. The highest BCUT2D eigenvalue weighted by atomic mass is 32.2.